The van der Waals surface area contributed by atoms with E-state index in [0.29, 0.717) is 0 Å². The Balaban J connectivity index is 1.87. The Morgan fingerprint density at radius 3 is 2.08 bits per heavy atom. The summed E-state index contributed by atoms with van der Waals surface area (Å²) in [7, 11) is 0. The number of hydrogen-bond acceptors (Lipinski definition) is 7. The first kappa shape index (κ1) is 29.3. The van der Waals surface area contributed by atoms with Crippen LogP contribution in [0, 0.1) is 0 Å². The van der Waals surface area contributed by atoms with E-state index in [1.165, 1.54) is 19.1 Å². The molecule has 0 aromatic heterocycles. The molecule has 0 fully saturated rings. The molecule has 10 nitrogen and oxygen atoms in total. The number of aromatic hydroxyl groups is 1. The SMILES string of the molecule is C[C@@H](NC(=O)[C@@H](N)Cc1ccc(O)cc1)C(=O)NCC(=O)N[C@@H](Cc1ccccc1)C(=O)OC(C)(C)C. The highest BCUT2D eigenvalue weighted by Crippen LogP contribution is 2.12. The fourth-order valence-electron chi connectivity index (χ4n) is 3.35. The lowest BCUT2D eigenvalue weighted by atomic mass is 10.1. The third-order valence-corrected chi connectivity index (χ3v) is 5.21. The minimum atomic E-state index is -0.947. The van der Waals surface area contributed by atoms with Gasteiger partial charge in [0.25, 0.3) is 0 Å². The van der Waals surface area contributed by atoms with Gasteiger partial charge in [-0.05, 0) is 57.4 Å². The van der Waals surface area contributed by atoms with Gasteiger partial charge in [-0.1, -0.05) is 42.5 Å². The summed E-state index contributed by atoms with van der Waals surface area (Å²) >= 11 is 0. The van der Waals surface area contributed by atoms with Gasteiger partial charge in [-0.3, -0.25) is 14.4 Å². The number of rotatable bonds is 11. The van der Waals surface area contributed by atoms with E-state index in [0.717, 1.165) is 11.1 Å². The Kier molecular flexibility index (Phi) is 10.6. The molecule has 0 bridgehead atoms. The van der Waals surface area contributed by atoms with Crippen LogP contribution < -0.4 is 21.7 Å². The van der Waals surface area contributed by atoms with Gasteiger partial charge in [0.1, 0.15) is 23.4 Å². The average Bonchev–Trinajstić information content (AvgIpc) is 2.83. The lowest BCUT2D eigenvalue weighted by molar-refractivity contribution is -0.158. The maximum Gasteiger partial charge on any atom is 0.329 e. The third kappa shape index (κ3) is 10.7. The van der Waals surface area contributed by atoms with E-state index in [9.17, 15) is 24.3 Å². The molecule has 37 heavy (non-hydrogen) atoms. The van der Waals surface area contributed by atoms with Gasteiger partial charge in [-0.15, -0.1) is 0 Å². The Morgan fingerprint density at radius 2 is 1.49 bits per heavy atom. The molecule has 2 aromatic carbocycles. The van der Waals surface area contributed by atoms with Gasteiger partial charge in [-0.25, -0.2) is 4.79 Å². The Labute approximate surface area is 217 Å². The van der Waals surface area contributed by atoms with Crippen LogP contribution in [-0.4, -0.2) is 59.1 Å². The number of benzene rings is 2. The minimum Gasteiger partial charge on any atom is -0.508 e. The molecule has 0 unspecified atom stereocenters. The van der Waals surface area contributed by atoms with Crippen LogP contribution in [-0.2, 0) is 36.8 Å². The average molecular weight is 513 g/mol. The normalized spacial score (nSPS) is 13.5. The number of nitrogens with one attached hydrogen (secondary N) is 3. The maximum absolute atomic E-state index is 12.7. The standard InChI is InChI=1S/C27H36N4O6/c1-17(30-25(35)21(28)14-19-10-12-20(32)13-11-19)24(34)29-16-23(33)31-22(26(36)37-27(2,3)4)15-18-8-6-5-7-9-18/h5-13,17,21-22,32H,14-16,28H2,1-4H3,(H,29,34)(H,30,35)(H,31,33)/t17-,21+,22+/m1/s1. The number of phenolic OH excluding ortho intramolecular Hbond substituents is 1. The van der Waals surface area contributed by atoms with Gasteiger partial charge in [-0.2, -0.15) is 0 Å². The van der Waals surface area contributed by atoms with Crippen LogP contribution >= 0.6 is 0 Å². The van der Waals surface area contributed by atoms with Crippen molar-refractivity contribution >= 4 is 23.7 Å². The molecule has 0 aliphatic carbocycles. The molecule has 3 amide bonds. The van der Waals surface area contributed by atoms with Gasteiger partial charge in [0.15, 0.2) is 0 Å². The summed E-state index contributed by atoms with van der Waals surface area (Å²) in [5.74, 6) is -2.18. The number of carbonyl (C=O) groups excluding carboxylic acids is 4. The number of phenols is 1. The van der Waals surface area contributed by atoms with E-state index in [1.54, 1.807) is 32.9 Å². The van der Waals surface area contributed by atoms with Gasteiger partial charge < -0.3 is 31.5 Å². The van der Waals surface area contributed by atoms with Crippen molar-refractivity contribution in [2.45, 2.75) is 64.3 Å². The zero-order valence-corrected chi connectivity index (χ0v) is 21.6. The Bertz CT molecular complexity index is 1070. The van der Waals surface area contributed by atoms with Crippen molar-refractivity contribution in [3.8, 4) is 5.75 Å². The smallest absolute Gasteiger partial charge is 0.329 e. The van der Waals surface area contributed by atoms with E-state index in [2.05, 4.69) is 16.0 Å². The summed E-state index contributed by atoms with van der Waals surface area (Å²) in [6.07, 6.45) is 0.442. The van der Waals surface area contributed by atoms with E-state index < -0.39 is 54.0 Å². The molecule has 6 N–H and O–H groups in total. The Hall–Kier alpha value is -3.92. The summed E-state index contributed by atoms with van der Waals surface area (Å²) in [6.45, 7) is 6.28. The summed E-state index contributed by atoms with van der Waals surface area (Å²) in [6, 6.07) is 12.7. The van der Waals surface area contributed by atoms with E-state index in [-0.39, 0.29) is 18.6 Å². The fourth-order valence-corrected chi connectivity index (χ4v) is 3.35. The van der Waals surface area contributed by atoms with Crippen molar-refractivity contribution in [1.29, 1.82) is 0 Å². The molecule has 2 rings (SSSR count). The van der Waals surface area contributed by atoms with Crippen LogP contribution in [0.5, 0.6) is 5.75 Å². The molecule has 3 atom stereocenters. The number of hydrogen-bond donors (Lipinski definition) is 5. The van der Waals surface area contributed by atoms with Crippen LogP contribution in [0.1, 0.15) is 38.8 Å². The highest BCUT2D eigenvalue weighted by Gasteiger charge is 2.27. The second-order valence-corrected chi connectivity index (χ2v) is 9.77. The van der Waals surface area contributed by atoms with Crippen molar-refractivity contribution in [3.05, 3.63) is 65.7 Å². The van der Waals surface area contributed by atoms with E-state index in [4.69, 9.17) is 10.5 Å². The quantitative estimate of drug-likeness (QED) is 0.280. The molecule has 0 spiro atoms. The molecule has 0 aliphatic rings. The van der Waals surface area contributed by atoms with E-state index >= 15 is 0 Å². The zero-order chi connectivity index (χ0) is 27.6. The summed E-state index contributed by atoms with van der Waals surface area (Å²) in [5.41, 5.74) is 6.79. The second kappa shape index (κ2) is 13.4. The minimum absolute atomic E-state index is 0.105. The predicted molar refractivity (Wildman–Crippen MR) is 138 cm³/mol. The number of carbonyl (C=O) groups is 4. The molecule has 0 radical (unpaired) electrons. The zero-order valence-electron chi connectivity index (χ0n) is 21.6. The molecule has 10 heteroatoms. The topological polar surface area (TPSA) is 160 Å². The Morgan fingerprint density at radius 1 is 0.892 bits per heavy atom. The van der Waals surface area contributed by atoms with Crippen molar-refractivity contribution in [1.82, 2.24) is 16.0 Å². The molecule has 0 aliphatic heterocycles. The first-order valence-corrected chi connectivity index (χ1v) is 12.0. The van der Waals surface area contributed by atoms with Crippen LogP contribution in [0.2, 0.25) is 0 Å². The number of amides is 3. The lowest BCUT2D eigenvalue weighted by Gasteiger charge is -2.25. The molecular weight excluding hydrogens is 476 g/mol. The van der Waals surface area contributed by atoms with Crippen molar-refractivity contribution in [3.63, 3.8) is 0 Å². The van der Waals surface area contributed by atoms with Gasteiger partial charge >= 0.3 is 5.97 Å². The monoisotopic (exact) mass is 512 g/mol. The first-order valence-electron chi connectivity index (χ1n) is 12.0. The predicted octanol–water partition coefficient (Wildman–Crippen LogP) is 0.952. The van der Waals surface area contributed by atoms with Crippen LogP contribution in [0.25, 0.3) is 0 Å². The first-order chi connectivity index (χ1) is 17.3. The maximum atomic E-state index is 12.7. The highest BCUT2D eigenvalue weighted by molar-refractivity contribution is 5.92. The number of esters is 1. The largest absolute Gasteiger partial charge is 0.508 e. The van der Waals surface area contributed by atoms with Gasteiger partial charge in [0.05, 0.1) is 12.6 Å². The lowest BCUT2D eigenvalue weighted by Crippen LogP contribution is -2.53. The number of ether oxygens (including phenoxy) is 1. The van der Waals surface area contributed by atoms with Crippen LogP contribution in [0.3, 0.4) is 0 Å². The highest BCUT2D eigenvalue weighted by atomic mass is 16.6. The van der Waals surface area contributed by atoms with Crippen molar-refractivity contribution < 1.29 is 29.0 Å². The van der Waals surface area contributed by atoms with Crippen LogP contribution in [0.4, 0.5) is 0 Å². The van der Waals surface area contributed by atoms with Crippen molar-refractivity contribution in [2.75, 3.05) is 6.54 Å². The van der Waals surface area contributed by atoms with E-state index in [1.807, 2.05) is 30.3 Å². The van der Waals surface area contributed by atoms with Gasteiger partial charge in [0, 0.05) is 6.42 Å². The second-order valence-electron chi connectivity index (χ2n) is 9.77. The molecular formula is C27H36N4O6. The molecule has 0 heterocycles. The van der Waals surface area contributed by atoms with Crippen LogP contribution in [0.15, 0.2) is 54.6 Å². The summed E-state index contributed by atoms with van der Waals surface area (Å²) in [4.78, 5) is 50.0. The third-order valence-electron chi connectivity index (χ3n) is 5.21. The summed E-state index contributed by atoms with van der Waals surface area (Å²) in [5, 5.41) is 16.9. The molecule has 0 saturated heterocycles. The number of nitrogens with two attached hydrogens (primary N) is 1. The summed E-state index contributed by atoms with van der Waals surface area (Å²) < 4.78 is 5.44. The molecule has 2 aromatic rings. The fraction of sp³-hybridized carbons (Fsp3) is 0.407. The molecule has 200 valence electrons. The van der Waals surface area contributed by atoms with Crippen molar-refractivity contribution in [2.24, 2.45) is 5.73 Å². The van der Waals surface area contributed by atoms with Gasteiger partial charge in [0.2, 0.25) is 17.7 Å². The molecule has 0 saturated carbocycles.